The van der Waals surface area contributed by atoms with Crippen LogP contribution in [0.3, 0.4) is 0 Å². The number of carbonyl (C=O) groups is 1. The molecule has 0 radical (unpaired) electrons. The number of nitrogens with one attached hydrogen (secondary N) is 1. The molecule has 4 rings (SSSR count). The van der Waals surface area contributed by atoms with Crippen LogP contribution in [0.25, 0.3) is 11.2 Å². The average Bonchev–Trinajstić information content (AvgIpc) is 3.36. The number of hydrogen-bond acceptors (Lipinski definition) is 4. The number of halogens is 1. The van der Waals surface area contributed by atoms with Crippen LogP contribution in [0, 0.1) is 0 Å². The molecule has 1 amide bonds. The van der Waals surface area contributed by atoms with E-state index in [0.29, 0.717) is 31.7 Å². The molecule has 1 aliphatic heterocycles. The average molecular weight is 458 g/mol. The van der Waals surface area contributed by atoms with Gasteiger partial charge in [-0.05, 0) is 42.8 Å². The van der Waals surface area contributed by atoms with Gasteiger partial charge in [0.1, 0.15) is 0 Å². The second-order valence-electron chi connectivity index (χ2n) is 8.26. The molecule has 32 heavy (non-hydrogen) atoms. The number of fused-ring (bicyclic) bond motifs is 1. The van der Waals surface area contributed by atoms with Crippen LogP contribution in [0.2, 0.25) is 5.28 Å². The molecule has 0 spiro atoms. The maximum absolute atomic E-state index is 13.0. The van der Waals surface area contributed by atoms with E-state index < -0.39 is 5.56 Å². The molecule has 9 heteroatoms. The number of carbonyl (C=O) groups excluding carboxylic acids is 1. The SMILES string of the molecule is CCCCn1c(=O)n(CCCCN2CCC(c3ccccc3)C2=O)c(=O)c2[nH]c(Cl)nc21. The van der Waals surface area contributed by atoms with Gasteiger partial charge in [-0.2, -0.15) is 4.98 Å². The van der Waals surface area contributed by atoms with Gasteiger partial charge in [0.15, 0.2) is 11.2 Å². The number of imidazole rings is 1. The molecular formula is C23H28ClN5O3. The quantitative estimate of drug-likeness (QED) is 0.394. The van der Waals surface area contributed by atoms with Gasteiger partial charge in [-0.3, -0.25) is 18.7 Å². The highest BCUT2D eigenvalue weighted by molar-refractivity contribution is 6.28. The van der Waals surface area contributed by atoms with Crippen molar-refractivity contribution in [1.29, 1.82) is 0 Å². The molecule has 170 valence electrons. The van der Waals surface area contributed by atoms with Gasteiger partial charge < -0.3 is 9.88 Å². The lowest BCUT2D eigenvalue weighted by molar-refractivity contribution is -0.129. The number of amides is 1. The summed E-state index contributed by atoms with van der Waals surface area (Å²) in [6.07, 6.45) is 3.88. The van der Waals surface area contributed by atoms with Gasteiger partial charge in [0.25, 0.3) is 5.56 Å². The van der Waals surface area contributed by atoms with E-state index in [1.54, 1.807) is 0 Å². The van der Waals surface area contributed by atoms with Gasteiger partial charge >= 0.3 is 5.69 Å². The number of hydrogen-bond donors (Lipinski definition) is 1. The molecule has 3 heterocycles. The van der Waals surface area contributed by atoms with E-state index in [9.17, 15) is 14.4 Å². The predicted octanol–water partition coefficient (Wildman–Crippen LogP) is 3.14. The highest BCUT2D eigenvalue weighted by atomic mass is 35.5. The number of H-pyrrole nitrogens is 1. The Labute approximate surface area is 190 Å². The van der Waals surface area contributed by atoms with E-state index in [-0.39, 0.29) is 28.3 Å². The minimum absolute atomic E-state index is 0.0721. The molecule has 0 bridgehead atoms. The zero-order valence-corrected chi connectivity index (χ0v) is 19.0. The number of unbranched alkanes of at least 4 members (excludes halogenated alkanes) is 2. The summed E-state index contributed by atoms with van der Waals surface area (Å²) in [6, 6.07) is 9.87. The highest BCUT2D eigenvalue weighted by Crippen LogP contribution is 2.28. The fourth-order valence-corrected chi connectivity index (χ4v) is 4.56. The third-order valence-corrected chi connectivity index (χ3v) is 6.31. The largest absolute Gasteiger partial charge is 0.342 e. The van der Waals surface area contributed by atoms with Crippen LogP contribution in [-0.2, 0) is 17.9 Å². The number of aromatic amines is 1. The van der Waals surface area contributed by atoms with Gasteiger partial charge in [0, 0.05) is 26.2 Å². The first-order valence-electron chi connectivity index (χ1n) is 11.2. The minimum Gasteiger partial charge on any atom is -0.342 e. The third-order valence-electron chi connectivity index (χ3n) is 6.13. The van der Waals surface area contributed by atoms with Crippen LogP contribution in [0.1, 0.15) is 50.5 Å². The zero-order valence-electron chi connectivity index (χ0n) is 18.2. The Hall–Kier alpha value is -2.87. The fraction of sp³-hybridized carbons (Fsp3) is 0.478. The fourth-order valence-electron chi connectivity index (χ4n) is 4.38. The Balaban J connectivity index is 1.42. The Morgan fingerprint density at radius 3 is 2.50 bits per heavy atom. The lowest BCUT2D eigenvalue weighted by Gasteiger charge is -2.17. The van der Waals surface area contributed by atoms with Crippen molar-refractivity contribution in [3.63, 3.8) is 0 Å². The molecular weight excluding hydrogens is 430 g/mol. The lowest BCUT2D eigenvalue weighted by Crippen LogP contribution is -2.40. The Morgan fingerprint density at radius 1 is 1.03 bits per heavy atom. The van der Waals surface area contributed by atoms with Gasteiger partial charge in [-0.1, -0.05) is 43.7 Å². The molecule has 1 aliphatic rings. The molecule has 3 aromatic rings. The van der Waals surface area contributed by atoms with Crippen LogP contribution in [-0.4, -0.2) is 43.0 Å². The molecule has 0 saturated carbocycles. The van der Waals surface area contributed by atoms with Crippen molar-refractivity contribution in [1.82, 2.24) is 24.0 Å². The molecule has 8 nitrogen and oxygen atoms in total. The van der Waals surface area contributed by atoms with E-state index in [1.807, 2.05) is 42.2 Å². The van der Waals surface area contributed by atoms with Gasteiger partial charge in [0.05, 0.1) is 5.92 Å². The second kappa shape index (κ2) is 9.73. The Bertz CT molecular complexity index is 1210. The first-order valence-corrected chi connectivity index (χ1v) is 11.6. The zero-order chi connectivity index (χ0) is 22.7. The summed E-state index contributed by atoms with van der Waals surface area (Å²) in [7, 11) is 0. The summed E-state index contributed by atoms with van der Waals surface area (Å²) in [6.45, 7) is 4.18. The van der Waals surface area contributed by atoms with Gasteiger partial charge in [0.2, 0.25) is 11.2 Å². The predicted molar refractivity (Wildman–Crippen MR) is 124 cm³/mol. The first-order chi connectivity index (χ1) is 15.5. The third kappa shape index (κ3) is 4.37. The van der Waals surface area contributed by atoms with Crippen LogP contribution >= 0.6 is 11.6 Å². The van der Waals surface area contributed by atoms with Crippen LogP contribution < -0.4 is 11.2 Å². The minimum atomic E-state index is -0.404. The van der Waals surface area contributed by atoms with Crippen molar-refractivity contribution in [2.45, 2.75) is 58.0 Å². The molecule has 1 saturated heterocycles. The van der Waals surface area contributed by atoms with Gasteiger partial charge in [-0.15, -0.1) is 0 Å². The van der Waals surface area contributed by atoms with Crippen molar-refractivity contribution in [3.05, 3.63) is 62.0 Å². The first kappa shape index (κ1) is 22.3. The molecule has 1 aromatic carbocycles. The Kier molecular flexibility index (Phi) is 6.79. The maximum Gasteiger partial charge on any atom is 0.332 e. The normalized spacial score (nSPS) is 16.4. The van der Waals surface area contributed by atoms with E-state index in [0.717, 1.165) is 37.8 Å². The van der Waals surface area contributed by atoms with Crippen molar-refractivity contribution in [3.8, 4) is 0 Å². The second-order valence-corrected chi connectivity index (χ2v) is 8.61. The van der Waals surface area contributed by atoms with E-state index >= 15 is 0 Å². The summed E-state index contributed by atoms with van der Waals surface area (Å²) in [5, 5.41) is 0.0972. The summed E-state index contributed by atoms with van der Waals surface area (Å²) in [5.74, 6) is 0.0842. The van der Waals surface area contributed by atoms with Crippen molar-refractivity contribution < 1.29 is 4.79 Å². The number of rotatable bonds is 9. The molecule has 1 fully saturated rings. The molecule has 1 atom stereocenters. The van der Waals surface area contributed by atoms with Crippen molar-refractivity contribution in [2.75, 3.05) is 13.1 Å². The van der Waals surface area contributed by atoms with E-state index in [4.69, 9.17) is 11.6 Å². The number of nitrogens with zero attached hydrogens (tertiary/aromatic N) is 4. The summed E-state index contributed by atoms with van der Waals surface area (Å²) < 4.78 is 2.78. The van der Waals surface area contributed by atoms with Gasteiger partial charge in [-0.25, -0.2) is 4.79 Å². The standard InChI is InChI=1S/C23H28ClN5O3/c1-2-3-13-28-19-18(25-22(24)26-19)21(31)29(23(28)32)14-8-7-12-27-15-11-17(20(27)30)16-9-5-4-6-10-16/h4-6,9-10,17H,2-3,7-8,11-15H2,1H3,(H,25,26). The summed E-state index contributed by atoms with van der Waals surface area (Å²) in [4.78, 5) is 47.4. The number of benzene rings is 1. The van der Waals surface area contributed by atoms with Crippen LogP contribution in [0.4, 0.5) is 0 Å². The Morgan fingerprint density at radius 2 is 1.75 bits per heavy atom. The molecule has 1 unspecified atom stereocenters. The van der Waals surface area contributed by atoms with E-state index in [1.165, 1.54) is 9.13 Å². The maximum atomic E-state index is 13.0. The molecule has 2 aromatic heterocycles. The molecule has 0 aliphatic carbocycles. The van der Waals surface area contributed by atoms with Crippen molar-refractivity contribution >= 4 is 28.7 Å². The highest BCUT2D eigenvalue weighted by Gasteiger charge is 2.32. The number of likely N-dealkylation sites (tertiary alicyclic amines) is 1. The summed E-state index contributed by atoms with van der Waals surface area (Å²) in [5.41, 5.74) is 0.861. The topological polar surface area (TPSA) is 93.0 Å². The number of aryl methyl sites for hydroxylation is 1. The van der Waals surface area contributed by atoms with E-state index in [2.05, 4.69) is 9.97 Å². The smallest absolute Gasteiger partial charge is 0.332 e. The van der Waals surface area contributed by atoms with Crippen LogP contribution in [0.5, 0.6) is 0 Å². The monoisotopic (exact) mass is 457 g/mol. The summed E-state index contributed by atoms with van der Waals surface area (Å²) >= 11 is 5.97. The molecule has 1 N–H and O–H groups in total. The van der Waals surface area contributed by atoms with Crippen molar-refractivity contribution in [2.24, 2.45) is 0 Å². The van der Waals surface area contributed by atoms with Crippen LogP contribution in [0.15, 0.2) is 39.9 Å². The number of aromatic nitrogens is 4. The lowest BCUT2D eigenvalue weighted by atomic mass is 9.98.